The minimum atomic E-state index is -1.05. The fourth-order valence-electron chi connectivity index (χ4n) is 1.49. The number of aromatic nitrogens is 1. The Bertz CT molecular complexity index is 576. The van der Waals surface area contributed by atoms with Crippen molar-refractivity contribution in [3.8, 4) is 11.6 Å². The smallest absolute Gasteiger partial charge is 0.341 e. The topological polar surface area (TPSA) is 59.4 Å². The SMILES string of the molecule is Cc1ccc(Oc2nc(C)ccc2C(=O)O)cc1. The van der Waals surface area contributed by atoms with Crippen molar-refractivity contribution < 1.29 is 14.6 Å². The van der Waals surface area contributed by atoms with E-state index in [1.54, 1.807) is 25.1 Å². The Hall–Kier alpha value is -2.36. The standard InChI is InChI=1S/C14H13NO3/c1-9-3-6-11(7-4-9)18-13-12(14(16)17)8-5-10(2)15-13/h3-8H,1-2H3,(H,16,17). The highest BCUT2D eigenvalue weighted by atomic mass is 16.5. The van der Waals surface area contributed by atoms with Gasteiger partial charge in [-0.2, -0.15) is 0 Å². The van der Waals surface area contributed by atoms with E-state index in [1.165, 1.54) is 6.07 Å². The summed E-state index contributed by atoms with van der Waals surface area (Å²) in [6.07, 6.45) is 0. The summed E-state index contributed by atoms with van der Waals surface area (Å²) in [5.74, 6) is -0.364. The zero-order chi connectivity index (χ0) is 13.1. The molecule has 4 nitrogen and oxygen atoms in total. The van der Waals surface area contributed by atoms with Gasteiger partial charge in [-0.25, -0.2) is 9.78 Å². The Balaban J connectivity index is 2.35. The Morgan fingerprint density at radius 3 is 2.39 bits per heavy atom. The number of aryl methyl sites for hydroxylation is 2. The summed E-state index contributed by atoms with van der Waals surface area (Å²) in [5, 5.41) is 9.06. The van der Waals surface area contributed by atoms with Gasteiger partial charge in [-0.1, -0.05) is 17.7 Å². The van der Waals surface area contributed by atoms with E-state index >= 15 is 0 Å². The first-order valence-corrected chi connectivity index (χ1v) is 5.52. The van der Waals surface area contributed by atoms with Gasteiger partial charge in [0.25, 0.3) is 0 Å². The second-order valence-electron chi connectivity index (χ2n) is 4.03. The van der Waals surface area contributed by atoms with E-state index < -0.39 is 5.97 Å². The molecule has 2 aromatic rings. The van der Waals surface area contributed by atoms with E-state index in [-0.39, 0.29) is 11.4 Å². The van der Waals surface area contributed by atoms with Crippen LogP contribution in [0.15, 0.2) is 36.4 Å². The lowest BCUT2D eigenvalue weighted by Gasteiger charge is -2.08. The zero-order valence-corrected chi connectivity index (χ0v) is 10.2. The van der Waals surface area contributed by atoms with Gasteiger partial charge in [0.05, 0.1) is 0 Å². The summed E-state index contributed by atoms with van der Waals surface area (Å²) in [4.78, 5) is 15.2. The summed E-state index contributed by atoms with van der Waals surface area (Å²) < 4.78 is 5.51. The second kappa shape index (κ2) is 4.87. The quantitative estimate of drug-likeness (QED) is 0.899. The molecule has 1 heterocycles. The highest BCUT2D eigenvalue weighted by molar-refractivity contribution is 5.90. The number of hydrogen-bond donors (Lipinski definition) is 1. The second-order valence-corrected chi connectivity index (χ2v) is 4.03. The van der Waals surface area contributed by atoms with Crippen molar-refractivity contribution in [2.24, 2.45) is 0 Å². The lowest BCUT2D eigenvalue weighted by Crippen LogP contribution is -2.02. The monoisotopic (exact) mass is 243 g/mol. The van der Waals surface area contributed by atoms with E-state index in [0.717, 1.165) is 5.56 Å². The van der Waals surface area contributed by atoms with Gasteiger partial charge in [0.2, 0.25) is 5.88 Å². The molecule has 0 aliphatic rings. The number of pyridine rings is 1. The van der Waals surface area contributed by atoms with Crippen LogP contribution in [0, 0.1) is 13.8 Å². The molecule has 0 saturated carbocycles. The Labute approximate surface area is 105 Å². The van der Waals surface area contributed by atoms with E-state index in [0.29, 0.717) is 11.4 Å². The molecule has 1 N–H and O–H groups in total. The Morgan fingerprint density at radius 2 is 1.78 bits per heavy atom. The highest BCUT2D eigenvalue weighted by Gasteiger charge is 2.13. The van der Waals surface area contributed by atoms with Gasteiger partial charge in [0.1, 0.15) is 11.3 Å². The largest absolute Gasteiger partial charge is 0.477 e. The molecule has 0 aliphatic heterocycles. The van der Waals surface area contributed by atoms with Gasteiger partial charge in [0, 0.05) is 5.69 Å². The fourth-order valence-corrected chi connectivity index (χ4v) is 1.49. The van der Waals surface area contributed by atoms with Crippen LogP contribution in [-0.4, -0.2) is 16.1 Å². The summed E-state index contributed by atoms with van der Waals surface area (Å²) >= 11 is 0. The molecule has 0 amide bonds. The lowest BCUT2D eigenvalue weighted by atomic mass is 10.2. The normalized spacial score (nSPS) is 10.1. The van der Waals surface area contributed by atoms with Crippen LogP contribution in [0.4, 0.5) is 0 Å². The Kier molecular flexibility index (Phi) is 3.28. The molecule has 0 radical (unpaired) electrons. The molecule has 0 bridgehead atoms. The summed E-state index contributed by atoms with van der Waals surface area (Å²) in [7, 11) is 0. The van der Waals surface area contributed by atoms with Crippen LogP contribution in [-0.2, 0) is 0 Å². The van der Waals surface area contributed by atoms with E-state index in [2.05, 4.69) is 4.98 Å². The van der Waals surface area contributed by atoms with Gasteiger partial charge in [0.15, 0.2) is 0 Å². The maximum absolute atomic E-state index is 11.1. The molecule has 1 aromatic carbocycles. The molecular weight excluding hydrogens is 230 g/mol. The molecule has 0 unspecified atom stereocenters. The molecule has 0 atom stereocenters. The predicted molar refractivity (Wildman–Crippen MR) is 67.2 cm³/mol. The molecular formula is C14H13NO3. The molecule has 92 valence electrons. The number of carboxylic acids is 1. The van der Waals surface area contributed by atoms with Crippen molar-refractivity contribution in [1.82, 2.24) is 4.98 Å². The van der Waals surface area contributed by atoms with Crippen LogP contribution in [0.25, 0.3) is 0 Å². The molecule has 4 heteroatoms. The van der Waals surface area contributed by atoms with Crippen LogP contribution >= 0.6 is 0 Å². The van der Waals surface area contributed by atoms with Gasteiger partial charge >= 0.3 is 5.97 Å². The Morgan fingerprint density at radius 1 is 1.11 bits per heavy atom. The minimum absolute atomic E-state index is 0.0566. The summed E-state index contributed by atoms with van der Waals surface area (Å²) in [6, 6.07) is 10.5. The number of hydrogen-bond acceptors (Lipinski definition) is 3. The van der Waals surface area contributed by atoms with Gasteiger partial charge in [-0.05, 0) is 38.1 Å². The number of nitrogens with zero attached hydrogens (tertiary/aromatic N) is 1. The van der Waals surface area contributed by atoms with Crippen LogP contribution in [0.1, 0.15) is 21.6 Å². The third-order valence-electron chi connectivity index (χ3n) is 2.47. The lowest BCUT2D eigenvalue weighted by molar-refractivity contribution is 0.0693. The van der Waals surface area contributed by atoms with Crippen molar-refractivity contribution in [3.63, 3.8) is 0 Å². The average Bonchev–Trinajstić information content (AvgIpc) is 2.32. The molecule has 0 fully saturated rings. The maximum Gasteiger partial charge on any atom is 0.341 e. The average molecular weight is 243 g/mol. The number of carbonyl (C=O) groups is 1. The van der Waals surface area contributed by atoms with Crippen LogP contribution in [0.2, 0.25) is 0 Å². The molecule has 0 spiro atoms. The number of ether oxygens (including phenoxy) is 1. The van der Waals surface area contributed by atoms with Crippen LogP contribution in [0.3, 0.4) is 0 Å². The molecule has 18 heavy (non-hydrogen) atoms. The predicted octanol–water partition coefficient (Wildman–Crippen LogP) is 3.19. The van der Waals surface area contributed by atoms with E-state index in [9.17, 15) is 4.79 Å². The number of benzene rings is 1. The van der Waals surface area contributed by atoms with Crippen LogP contribution in [0.5, 0.6) is 11.6 Å². The fraction of sp³-hybridized carbons (Fsp3) is 0.143. The summed E-state index contributed by atoms with van der Waals surface area (Å²) in [5.41, 5.74) is 1.88. The molecule has 0 saturated heterocycles. The molecule has 1 aromatic heterocycles. The minimum Gasteiger partial charge on any atom is -0.477 e. The van der Waals surface area contributed by atoms with Gasteiger partial charge in [-0.3, -0.25) is 0 Å². The zero-order valence-electron chi connectivity index (χ0n) is 10.2. The summed E-state index contributed by atoms with van der Waals surface area (Å²) in [6.45, 7) is 3.75. The first kappa shape index (κ1) is 12.1. The maximum atomic E-state index is 11.1. The molecule has 0 aliphatic carbocycles. The van der Waals surface area contributed by atoms with Gasteiger partial charge < -0.3 is 9.84 Å². The van der Waals surface area contributed by atoms with Crippen molar-refractivity contribution in [1.29, 1.82) is 0 Å². The number of carboxylic acid groups (broad SMARTS) is 1. The van der Waals surface area contributed by atoms with Crippen LogP contribution < -0.4 is 4.74 Å². The number of aromatic carboxylic acids is 1. The van der Waals surface area contributed by atoms with Gasteiger partial charge in [-0.15, -0.1) is 0 Å². The third kappa shape index (κ3) is 2.66. The van der Waals surface area contributed by atoms with Crippen molar-refractivity contribution >= 4 is 5.97 Å². The van der Waals surface area contributed by atoms with Crippen molar-refractivity contribution in [2.45, 2.75) is 13.8 Å². The number of rotatable bonds is 3. The molecule has 2 rings (SSSR count). The first-order chi connectivity index (χ1) is 8.56. The first-order valence-electron chi connectivity index (χ1n) is 5.52. The third-order valence-corrected chi connectivity index (χ3v) is 2.47. The van der Waals surface area contributed by atoms with Crippen molar-refractivity contribution in [3.05, 3.63) is 53.2 Å². The van der Waals surface area contributed by atoms with Crippen molar-refractivity contribution in [2.75, 3.05) is 0 Å². The van der Waals surface area contributed by atoms with E-state index in [4.69, 9.17) is 9.84 Å². The van der Waals surface area contributed by atoms with E-state index in [1.807, 2.05) is 19.1 Å². The highest BCUT2D eigenvalue weighted by Crippen LogP contribution is 2.24.